The number of nitriles is 1. The number of rotatable bonds is 7. The first kappa shape index (κ1) is 38.6. The molecule has 4 aromatic carbocycles. The maximum atomic E-state index is 15.4. The Morgan fingerprint density at radius 2 is 1.57 bits per heavy atom. The summed E-state index contributed by atoms with van der Waals surface area (Å²) in [5, 5.41) is 25.4. The zero-order valence-electron chi connectivity index (χ0n) is 34.6. The third-order valence-corrected chi connectivity index (χ3v) is 12.7. The van der Waals surface area contributed by atoms with Gasteiger partial charge in [-0.1, -0.05) is 48.5 Å². The van der Waals surface area contributed by atoms with Crippen LogP contribution in [0, 0.1) is 25.2 Å². The van der Waals surface area contributed by atoms with Crippen LogP contribution in [0.3, 0.4) is 0 Å². The Morgan fingerprint density at radius 1 is 0.833 bits per heavy atom. The van der Waals surface area contributed by atoms with Gasteiger partial charge in [-0.05, 0) is 110 Å². The lowest BCUT2D eigenvalue weighted by Gasteiger charge is -2.36. The predicted molar refractivity (Wildman–Crippen MR) is 235 cm³/mol. The number of phenolic OH excluding ortho intramolecular Hbond substituents is 1. The maximum Gasteiger partial charge on any atom is 0.258 e. The highest BCUT2D eigenvalue weighted by molar-refractivity contribution is 6.14. The molecule has 0 unspecified atom stereocenters. The summed E-state index contributed by atoms with van der Waals surface area (Å²) in [6.45, 7) is 8.64. The molecular formula is C50H47N7O3. The predicted octanol–water partition coefficient (Wildman–Crippen LogP) is 8.84. The van der Waals surface area contributed by atoms with Crippen LogP contribution in [0.5, 0.6) is 5.75 Å². The van der Waals surface area contributed by atoms with Crippen LogP contribution >= 0.6 is 0 Å². The molecule has 2 aliphatic heterocycles. The number of nitrogens with one attached hydrogen (secondary N) is 1. The van der Waals surface area contributed by atoms with Crippen LogP contribution in [-0.4, -0.2) is 53.4 Å². The summed E-state index contributed by atoms with van der Waals surface area (Å²) in [5.41, 5.74) is 12.1. The minimum atomic E-state index is -0.332. The fraction of sp³-hybridized carbons (Fsp3) is 0.240. The fourth-order valence-corrected chi connectivity index (χ4v) is 9.18. The number of benzene rings is 4. The molecule has 3 aromatic heterocycles. The molecule has 10 heteroatoms. The molecule has 0 aliphatic carbocycles. The number of pyridine rings is 1. The molecule has 9 rings (SSSR count). The molecule has 0 radical (unpaired) electrons. The van der Waals surface area contributed by atoms with Crippen LogP contribution in [-0.2, 0) is 46.6 Å². The summed E-state index contributed by atoms with van der Waals surface area (Å²) >= 11 is 0. The summed E-state index contributed by atoms with van der Waals surface area (Å²) < 4.78 is 3.86. The van der Waals surface area contributed by atoms with Gasteiger partial charge in [-0.2, -0.15) is 5.26 Å². The van der Waals surface area contributed by atoms with E-state index in [2.05, 4.69) is 71.7 Å². The van der Waals surface area contributed by atoms with Gasteiger partial charge in [-0.15, -0.1) is 0 Å². The molecule has 2 aliphatic rings. The van der Waals surface area contributed by atoms with Crippen molar-refractivity contribution in [1.29, 1.82) is 5.26 Å². The summed E-state index contributed by atoms with van der Waals surface area (Å²) in [6.07, 6.45) is 3.47. The van der Waals surface area contributed by atoms with E-state index in [1.165, 1.54) is 17.7 Å². The normalized spacial score (nSPS) is 15.1. The quantitative estimate of drug-likeness (QED) is 0.156. The smallest absolute Gasteiger partial charge is 0.258 e. The van der Waals surface area contributed by atoms with Gasteiger partial charge in [0.1, 0.15) is 17.5 Å². The number of phenols is 1. The van der Waals surface area contributed by atoms with Crippen molar-refractivity contribution in [2.75, 3.05) is 11.9 Å². The van der Waals surface area contributed by atoms with E-state index in [0.717, 1.165) is 75.1 Å². The second-order valence-electron chi connectivity index (χ2n) is 16.3. The Hall–Kier alpha value is -6.96. The van der Waals surface area contributed by atoms with Gasteiger partial charge in [0, 0.05) is 97.2 Å². The summed E-state index contributed by atoms with van der Waals surface area (Å²) in [4.78, 5) is 39.1. The number of carbonyl (C=O) groups is 2. The van der Waals surface area contributed by atoms with Crippen LogP contribution in [0.15, 0.2) is 103 Å². The largest absolute Gasteiger partial charge is 0.508 e. The standard InChI is InChI=1S/C50H47N7O3/c1-30-20-33-10-7-9-13-37(33)28-57(30)50(60)45-23-38-27-56(29-40-21-34-11-6-8-12-36(34)26-52-40)19-18-35(38)22-44(45)48-47(43-24-41(25-51)54(4)31(43)2)46(32(3)55(48)5)49(59)53-39-14-16-42(58)17-15-39/h6-17,21-24,26,30,58H,18-20,27-29H2,1-5H3,(H,53,59)/t30-/m1/s1. The monoisotopic (exact) mass is 793 g/mol. The van der Waals surface area contributed by atoms with E-state index in [1.807, 2.05) is 72.4 Å². The molecule has 0 bridgehead atoms. The number of fused-ring (bicyclic) bond motifs is 3. The van der Waals surface area contributed by atoms with Crippen molar-refractivity contribution in [2.45, 2.75) is 59.3 Å². The molecular weight excluding hydrogens is 747 g/mol. The number of aromatic hydroxyl groups is 1. The van der Waals surface area contributed by atoms with E-state index in [4.69, 9.17) is 4.98 Å². The molecule has 5 heterocycles. The molecule has 60 heavy (non-hydrogen) atoms. The molecule has 2 amide bonds. The Balaban J connectivity index is 1.20. The van der Waals surface area contributed by atoms with Crippen LogP contribution < -0.4 is 5.32 Å². The van der Waals surface area contributed by atoms with Gasteiger partial charge in [0.05, 0.1) is 17.0 Å². The van der Waals surface area contributed by atoms with Crippen molar-refractivity contribution in [3.05, 3.63) is 159 Å². The number of hydrogen-bond donors (Lipinski definition) is 2. The van der Waals surface area contributed by atoms with Crippen molar-refractivity contribution in [2.24, 2.45) is 14.1 Å². The van der Waals surface area contributed by atoms with Crippen LogP contribution in [0.4, 0.5) is 5.69 Å². The second-order valence-corrected chi connectivity index (χ2v) is 16.3. The average Bonchev–Trinajstić information content (AvgIpc) is 3.69. The number of anilines is 1. The lowest BCUT2D eigenvalue weighted by Crippen LogP contribution is -2.43. The van der Waals surface area contributed by atoms with Crippen molar-refractivity contribution in [3.63, 3.8) is 0 Å². The first-order valence-electron chi connectivity index (χ1n) is 20.5. The molecule has 10 nitrogen and oxygen atoms in total. The first-order valence-corrected chi connectivity index (χ1v) is 20.5. The zero-order chi connectivity index (χ0) is 41.8. The van der Waals surface area contributed by atoms with Gasteiger partial charge in [-0.25, -0.2) is 0 Å². The van der Waals surface area contributed by atoms with E-state index >= 15 is 4.79 Å². The van der Waals surface area contributed by atoms with Crippen LogP contribution in [0.25, 0.3) is 33.2 Å². The van der Waals surface area contributed by atoms with Crippen molar-refractivity contribution >= 4 is 28.3 Å². The summed E-state index contributed by atoms with van der Waals surface area (Å²) in [5.74, 6) is -0.298. The van der Waals surface area contributed by atoms with Gasteiger partial charge < -0.3 is 24.5 Å². The highest BCUT2D eigenvalue weighted by atomic mass is 16.3. The minimum Gasteiger partial charge on any atom is -0.508 e. The third-order valence-electron chi connectivity index (χ3n) is 12.7. The zero-order valence-corrected chi connectivity index (χ0v) is 34.6. The Labute approximate surface area is 349 Å². The number of hydrogen-bond acceptors (Lipinski definition) is 6. The number of carbonyl (C=O) groups excluding carboxylic acids is 2. The van der Waals surface area contributed by atoms with E-state index in [0.29, 0.717) is 53.4 Å². The lowest BCUT2D eigenvalue weighted by atomic mass is 9.87. The highest BCUT2D eigenvalue weighted by Crippen LogP contribution is 2.44. The van der Waals surface area contributed by atoms with Gasteiger partial charge in [0.2, 0.25) is 0 Å². The molecule has 300 valence electrons. The molecule has 2 N–H and O–H groups in total. The molecule has 7 aromatic rings. The van der Waals surface area contributed by atoms with Gasteiger partial charge in [0.15, 0.2) is 0 Å². The lowest BCUT2D eigenvalue weighted by molar-refractivity contribution is 0.0658. The van der Waals surface area contributed by atoms with E-state index < -0.39 is 0 Å². The average molecular weight is 794 g/mol. The van der Waals surface area contributed by atoms with E-state index in [-0.39, 0.29) is 23.6 Å². The molecule has 0 saturated heterocycles. The Kier molecular flexibility index (Phi) is 9.85. The van der Waals surface area contributed by atoms with Gasteiger partial charge >= 0.3 is 0 Å². The SMILES string of the molecule is Cc1c(-c2c(C(=O)Nc3ccc(O)cc3)c(C)n(C)c2-c2cc3c(cc2C(=O)N2Cc4ccccc4C[C@H]2C)CN(Cc2cc4ccccc4cn2)CC3)cc(C#N)n1C. The van der Waals surface area contributed by atoms with Crippen molar-refractivity contribution in [1.82, 2.24) is 23.9 Å². The van der Waals surface area contributed by atoms with E-state index in [1.54, 1.807) is 12.1 Å². The number of amides is 2. The molecule has 0 spiro atoms. The summed E-state index contributed by atoms with van der Waals surface area (Å²) in [7, 11) is 3.80. The highest BCUT2D eigenvalue weighted by Gasteiger charge is 2.35. The number of aromatic nitrogens is 3. The van der Waals surface area contributed by atoms with Crippen LogP contribution in [0.1, 0.15) is 72.7 Å². The van der Waals surface area contributed by atoms with Gasteiger partial charge in [-0.3, -0.25) is 19.5 Å². The van der Waals surface area contributed by atoms with Crippen LogP contribution in [0.2, 0.25) is 0 Å². The Bertz CT molecular complexity index is 2900. The fourth-order valence-electron chi connectivity index (χ4n) is 9.18. The topological polar surface area (TPSA) is 119 Å². The van der Waals surface area contributed by atoms with E-state index in [9.17, 15) is 15.2 Å². The molecule has 0 fully saturated rings. The molecule has 0 saturated carbocycles. The first-order chi connectivity index (χ1) is 29.0. The minimum absolute atomic E-state index is 0.0393. The summed E-state index contributed by atoms with van der Waals surface area (Å²) in [6, 6.07) is 33.6. The Morgan fingerprint density at radius 3 is 2.32 bits per heavy atom. The molecule has 1 atom stereocenters. The van der Waals surface area contributed by atoms with Crippen molar-refractivity contribution < 1.29 is 14.7 Å². The maximum absolute atomic E-state index is 15.4. The number of nitrogens with zero attached hydrogens (tertiary/aromatic N) is 6. The van der Waals surface area contributed by atoms with Gasteiger partial charge in [0.25, 0.3) is 11.8 Å². The second kappa shape index (κ2) is 15.3. The van der Waals surface area contributed by atoms with Crippen molar-refractivity contribution in [3.8, 4) is 34.2 Å². The third kappa shape index (κ3) is 6.81.